The number of thiophene rings is 1. The smallest absolute Gasteiger partial charge is 0.279 e. The van der Waals surface area contributed by atoms with Gasteiger partial charge in [-0.15, -0.1) is 11.3 Å². The summed E-state index contributed by atoms with van der Waals surface area (Å²) in [6, 6.07) is 2.78. The van der Waals surface area contributed by atoms with Crippen LogP contribution in [0.1, 0.15) is 55.1 Å². The van der Waals surface area contributed by atoms with Crippen LogP contribution in [0.4, 0.5) is 0 Å². The molecule has 6 nitrogen and oxygen atoms in total. The van der Waals surface area contributed by atoms with E-state index < -0.39 is 11.9 Å². The highest BCUT2D eigenvalue weighted by molar-refractivity contribution is 7.12. The van der Waals surface area contributed by atoms with Gasteiger partial charge in [0.15, 0.2) is 0 Å². The monoisotopic (exact) mass is 375 g/mol. The maximum absolute atomic E-state index is 13.0. The molecule has 4 aliphatic carbocycles. The molecule has 3 amide bonds. The van der Waals surface area contributed by atoms with Crippen LogP contribution in [0.3, 0.4) is 0 Å². The number of carbonyl (C=O) groups is 3. The molecule has 7 heteroatoms. The molecule has 140 valence electrons. The highest BCUT2D eigenvalue weighted by atomic mass is 32.1. The van der Waals surface area contributed by atoms with Crippen LogP contribution in [-0.2, 0) is 9.59 Å². The Hall–Kier alpha value is -1.89. The first kappa shape index (κ1) is 17.5. The fourth-order valence-electron chi connectivity index (χ4n) is 5.50. The second-order valence-electron chi connectivity index (χ2n) is 8.31. The third kappa shape index (κ3) is 3.24. The lowest BCUT2D eigenvalue weighted by Gasteiger charge is -2.55. The first-order valence-corrected chi connectivity index (χ1v) is 10.3. The molecule has 4 saturated carbocycles. The number of amides is 3. The van der Waals surface area contributed by atoms with E-state index in [1.54, 1.807) is 24.4 Å². The van der Waals surface area contributed by atoms with E-state index in [9.17, 15) is 14.4 Å². The van der Waals surface area contributed by atoms with Crippen molar-refractivity contribution in [3.63, 3.8) is 0 Å². The minimum absolute atomic E-state index is 0.0174. The van der Waals surface area contributed by atoms with Crippen LogP contribution in [0.2, 0.25) is 0 Å². The van der Waals surface area contributed by atoms with Crippen LogP contribution in [0.15, 0.2) is 17.5 Å². The van der Waals surface area contributed by atoms with Gasteiger partial charge in [0, 0.05) is 5.41 Å². The Morgan fingerprint density at radius 1 is 1.08 bits per heavy atom. The van der Waals surface area contributed by atoms with Gasteiger partial charge in [0.05, 0.1) is 4.88 Å². The zero-order chi connectivity index (χ0) is 18.3. The van der Waals surface area contributed by atoms with E-state index in [1.807, 2.05) is 0 Å². The summed E-state index contributed by atoms with van der Waals surface area (Å²) in [5.74, 6) is 1.30. The Bertz CT molecular complexity index is 680. The lowest BCUT2D eigenvalue weighted by molar-refractivity contribution is -0.148. The molecule has 1 heterocycles. The number of carbonyl (C=O) groups excluding carboxylic acids is 3. The van der Waals surface area contributed by atoms with E-state index in [2.05, 4.69) is 16.2 Å². The molecule has 4 bridgehead atoms. The Labute approximate surface area is 157 Å². The molecule has 0 aliphatic heterocycles. The molecule has 0 unspecified atom stereocenters. The first-order valence-electron chi connectivity index (χ1n) is 9.40. The molecule has 0 radical (unpaired) electrons. The fraction of sp³-hybridized carbons (Fsp3) is 0.632. The number of hydrogen-bond donors (Lipinski definition) is 3. The summed E-state index contributed by atoms with van der Waals surface area (Å²) in [5.41, 5.74) is 4.52. The molecule has 0 spiro atoms. The molecule has 0 saturated heterocycles. The summed E-state index contributed by atoms with van der Waals surface area (Å²) in [5, 5.41) is 4.69. The van der Waals surface area contributed by atoms with Crippen LogP contribution >= 0.6 is 11.3 Å². The summed E-state index contributed by atoms with van der Waals surface area (Å²) in [6.07, 6.45) is 6.73. The summed E-state index contributed by atoms with van der Waals surface area (Å²) >= 11 is 1.30. The molecule has 5 rings (SSSR count). The number of hydrogen-bond acceptors (Lipinski definition) is 4. The third-order valence-electron chi connectivity index (χ3n) is 6.30. The molecule has 4 aliphatic rings. The van der Waals surface area contributed by atoms with Crippen molar-refractivity contribution in [1.82, 2.24) is 16.2 Å². The van der Waals surface area contributed by atoms with Crippen molar-refractivity contribution in [2.75, 3.05) is 0 Å². The van der Waals surface area contributed by atoms with Crippen LogP contribution in [0, 0.1) is 23.2 Å². The quantitative estimate of drug-likeness (QED) is 0.705. The lowest BCUT2D eigenvalue weighted by Crippen LogP contribution is -2.57. The second kappa shape index (κ2) is 6.68. The third-order valence-corrected chi connectivity index (χ3v) is 7.17. The first-order chi connectivity index (χ1) is 12.4. The van der Waals surface area contributed by atoms with Crippen molar-refractivity contribution in [1.29, 1.82) is 0 Å². The second-order valence-corrected chi connectivity index (χ2v) is 9.26. The van der Waals surface area contributed by atoms with Crippen LogP contribution in [0.25, 0.3) is 0 Å². The number of nitrogens with one attached hydrogen (secondary N) is 3. The number of rotatable bonds is 4. The molecular formula is C19H25N3O3S. The van der Waals surface area contributed by atoms with Crippen molar-refractivity contribution < 1.29 is 14.4 Å². The molecule has 0 aromatic carbocycles. The van der Waals surface area contributed by atoms with Gasteiger partial charge in [-0.25, -0.2) is 0 Å². The lowest BCUT2D eigenvalue weighted by atomic mass is 9.49. The Balaban J connectivity index is 1.31. The van der Waals surface area contributed by atoms with Gasteiger partial charge in [-0.05, 0) is 74.6 Å². The van der Waals surface area contributed by atoms with E-state index >= 15 is 0 Å². The van der Waals surface area contributed by atoms with Crippen molar-refractivity contribution in [2.24, 2.45) is 23.2 Å². The SMILES string of the molecule is C[C@H](NC(=O)C12CC3CC(CC(C3)C1)C2)C(=O)NNC(=O)c1cccs1. The van der Waals surface area contributed by atoms with Gasteiger partial charge in [-0.2, -0.15) is 0 Å². The van der Waals surface area contributed by atoms with Gasteiger partial charge in [0.1, 0.15) is 6.04 Å². The topological polar surface area (TPSA) is 87.3 Å². The largest absolute Gasteiger partial charge is 0.344 e. The highest BCUT2D eigenvalue weighted by Crippen LogP contribution is 2.60. The number of hydrazine groups is 1. The average molecular weight is 375 g/mol. The van der Waals surface area contributed by atoms with E-state index in [0.29, 0.717) is 22.6 Å². The normalized spacial score (nSPS) is 32.7. The van der Waals surface area contributed by atoms with Gasteiger partial charge in [-0.1, -0.05) is 6.07 Å². The zero-order valence-electron chi connectivity index (χ0n) is 14.9. The standard InChI is InChI=1S/C19H25N3O3S/c1-11(16(23)21-22-17(24)15-3-2-4-26-15)20-18(25)19-8-12-5-13(9-19)7-14(6-12)10-19/h2-4,11-14H,5-10H2,1H3,(H,20,25)(H,21,23)(H,22,24)/t11-,12?,13?,14?,19?/m0/s1. The minimum Gasteiger partial charge on any atom is -0.344 e. The average Bonchev–Trinajstić information content (AvgIpc) is 3.12. The molecule has 1 aromatic rings. The van der Waals surface area contributed by atoms with Crippen molar-refractivity contribution >= 4 is 29.1 Å². The molecular weight excluding hydrogens is 350 g/mol. The predicted octanol–water partition coefficient (Wildman–Crippen LogP) is 2.23. The maximum Gasteiger partial charge on any atom is 0.279 e. The zero-order valence-corrected chi connectivity index (χ0v) is 15.7. The summed E-state index contributed by atoms with van der Waals surface area (Å²) < 4.78 is 0. The molecule has 1 atom stereocenters. The molecule has 3 N–H and O–H groups in total. The van der Waals surface area contributed by atoms with Gasteiger partial charge in [-0.3, -0.25) is 25.2 Å². The van der Waals surface area contributed by atoms with Crippen LogP contribution in [-0.4, -0.2) is 23.8 Å². The van der Waals surface area contributed by atoms with Gasteiger partial charge in [0.25, 0.3) is 11.8 Å². The Morgan fingerprint density at radius 3 is 2.23 bits per heavy atom. The fourth-order valence-corrected chi connectivity index (χ4v) is 6.12. The Kier molecular flexibility index (Phi) is 4.50. The minimum atomic E-state index is -0.681. The van der Waals surface area contributed by atoms with Crippen molar-refractivity contribution in [3.8, 4) is 0 Å². The van der Waals surface area contributed by atoms with Gasteiger partial charge >= 0.3 is 0 Å². The van der Waals surface area contributed by atoms with Crippen molar-refractivity contribution in [2.45, 2.75) is 51.5 Å². The van der Waals surface area contributed by atoms with E-state index in [4.69, 9.17) is 0 Å². The van der Waals surface area contributed by atoms with Crippen LogP contribution in [0.5, 0.6) is 0 Å². The van der Waals surface area contributed by atoms with E-state index in [0.717, 1.165) is 19.3 Å². The highest BCUT2D eigenvalue weighted by Gasteiger charge is 2.54. The summed E-state index contributed by atoms with van der Waals surface area (Å²) in [6.45, 7) is 1.66. The molecule has 4 fully saturated rings. The van der Waals surface area contributed by atoms with Gasteiger partial charge < -0.3 is 5.32 Å². The molecule has 1 aromatic heterocycles. The van der Waals surface area contributed by atoms with Crippen LogP contribution < -0.4 is 16.2 Å². The van der Waals surface area contributed by atoms with E-state index in [-0.39, 0.29) is 17.2 Å². The van der Waals surface area contributed by atoms with E-state index in [1.165, 1.54) is 30.6 Å². The van der Waals surface area contributed by atoms with Crippen molar-refractivity contribution in [3.05, 3.63) is 22.4 Å². The maximum atomic E-state index is 13.0. The Morgan fingerprint density at radius 2 is 1.69 bits per heavy atom. The predicted molar refractivity (Wildman–Crippen MR) is 98.1 cm³/mol. The molecule has 26 heavy (non-hydrogen) atoms. The summed E-state index contributed by atoms with van der Waals surface area (Å²) in [4.78, 5) is 37.6. The summed E-state index contributed by atoms with van der Waals surface area (Å²) in [7, 11) is 0. The van der Waals surface area contributed by atoms with Gasteiger partial charge in [0.2, 0.25) is 5.91 Å².